The first-order valence-electron chi connectivity index (χ1n) is 12.5. The lowest BCUT2D eigenvalue weighted by Gasteiger charge is -2.30. The third kappa shape index (κ3) is 6.19. The predicted molar refractivity (Wildman–Crippen MR) is 145 cm³/mol. The molecule has 0 saturated heterocycles. The van der Waals surface area contributed by atoms with Crippen molar-refractivity contribution in [1.29, 1.82) is 0 Å². The van der Waals surface area contributed by atoms with Gasteiger partial charge >= 0.3 is 0 Å². The highest BCUT2D eigenvalue weighted by Crippen LogP contribution is 2.29. The number of nitrogens with zero attached hydrogens (tertiary/aromatic N) is 2. The van der Waals surface area contributed by atoms with Gasteiger partial charge in [0.05, 0.1) is 11.4 Å². The van der Waals surface area contributed by atoms with Crippen molar-refractivity contribution in [2.24, 2.45) is 16.3 Å². The summed E-state index contributed by atoms with van der Waals surface area (Å²) in [6.07, 6.45) is -1.29. The number of nitrogens with one attached hydrogen (secondary N) is 2. The van der Waals surface area contributed by atoms with Gasteiger partial charge in [0.1, 0.15) is 17.6 Å². The molecule has 1 aliphatic rings. The molecule has 0 saturated carbocycles. The highest BCUT2D eigenvalue weighted by molar-refractivity contribution is 6.20. The van der Waals surface area contributed by atoms with Crippen molar-refractivity contribution in [3.05, 3.63) is 101 Å². The lowest BCUT2D eigenvalue weighted by Crippen LogP contribution is -2.53. The summed E-state index contributed by atoms with van der Waals surface area (Å²) in [5.74, 6) is -4.57. The van der Waals surface area contributed by atoms with Gasteiger partial charge in [0.2, 0.25) is 18.0 Å². The Morgan fingerprint density at radius 1 is 0.949 bits per heavy atom. The second-order valence-electron chi connectivity index (χ2n) is 10.5. The van der Waals surface area contributed by atoms with Crippen molar-refractivity contribution in [2.45, 2.75) is 33.5 Å². The molecule has 0 bridgehead atoms. The van der Waals surface area contributed by atoms with Crippen LogP contribution in [0.2, 0.25) is 0 Å². The van der Waals surface area contributed by atoms with Crippen LogP contribution in [0.15, 0.2) is 77.8 Å². The third-order valence-electron chi connectivity index (χ3n) is 6.45. The number of hydrogen-bond acceptors (Lipinski definition) is 4. The summed E-state index contributed by atoms with van der Waals surface area (Å²) in [6, 6.07) is 19.6. The fraction of sp³-hybridized carbons (Fsp3) is 0.267. The van der Waals surface area contributed by atoms with E-state index >= 15 is 0 Å². The monoisotopic (exact) mass is 532 g/mol. The molecule has 9 heteroatoms. The Morgan fingerprint density at radius 2 is 1.56 bits per heavy atom. The van der Waals surface area contributed by atoms with Crippen LogP contribution in [-0.2, 0) is 20.9 Å². The van der Waals surface area contributed by atoms with Gasteiger partial charge in [0.15, 0.2) is 0 Å². The average Bonchev–Trinajstić information content (AvgIpc) is 2.97. The standard InChI is InChI=1S/C30H30F2N4O3/c1-30(2,3)24(27(37)33-17-18-14-20(31)16-21(32)15-18)28(38)35-26-29(39)36(4)23-13-9-8-12-22(23)25(34-26)19-10-6-5-7-11-19/h5-16,24,26H,17H2,1-4H3,(H,33,37)(H,35,38). The number of amides is 3. The maximum Gasteiger partial charge on any atom is 0.272 e. The van der Waals surface area contributed by atoms with Gasteiger partial charge in [0, 0.05) is 30.8 Å². The molecule has 2 atom stereocenters. The number of rotatable bonds is 6. The summed E-state index contributed by atoms with van der Waals surface area (Å²) in [7, 11) is 1.61. The minimum Gasteiger partial charge on any atom is -0.351 e. The first-order valence-corrected chi connectivity index (χ1v) is 12.5. The quantitative estimate of drug-likeness (QED) is 0.467. The summed E-state index contributed by atoms with van der Waals surface area (Å²) in [5, 5.41) is 5.27. The van der Waals surface area contributed by atoms with Crippen molar-refractivity contribution >= 4 is 29.1 Å². The third-order valence-corrected chi connectivity index (χ3v) is 6.45. The van der Waals surface area contributed by atoms with Crippen LogP contribution < -0.4 is 15.5 Å². The molecular weight excluding hydrogens is 502 g/mol. The summed E-state index contributed by atoms with van der Waals surface area (Å²) < 4.78 is 27.2. The lowest BCUT2D eigenvalue weighted by molar-refractivity contribution is -0.141. The van der Waals surface area contributed by atoms with E-state index in [1.165, 1.54) is 4.90 Å². The van der Waals surface area contributed by atoms with Crippen molar-refractivity contribution in [1.82, 2.24) is 10.6 Å². The number of benzodiazepines with no additional fused rings is 1. The van der Waals surface area contributed by atoms with Crippen LogP contribution in [0.3, 0.4) is 0 Å². The molecule has 1 aliphatic heterocycles. The van der Waals surface area contributed by atoms with Crippen LogP contribution in [0.25, 0.3) is 0 Å². The fourth-order valence-corrected chi connectivity index (χ4v) is 4.57. The fourth-order valence-electron chi connectivity index (χ4n) is 4.57. The van der Waals surface area contributed by atoms with Crippen LogP contribution in [0.5, 0.6) is 0 Å². The minimum atomic E-state index is -1.29. The van der Waals surface area contributed by atoms with Gasteiger partial charge in [-0.15, -0.1) is 0 Å². The molecule has 3 aromatic carbocycles. The molecule has 39 heavy (non-hydrogen) atoms. The van der Waals surface area contributed by atoms with Gasteiger partial charge in [-0.05, 0) is 29.2 Å². The Hall–Kier alpha value is -4.40. The number of carbonyl (C=O) groups excluding carboxylic acids is 3. The molecule has 0 spiro atoms. The van der Waals surface area contributed by atoms with Crippen molar-refractivity contribution in [3.63, 3.8) is 0 Å². The van der Waals surface area contributed by atoms with Gasteiger partial charge in [-0.3, -0.25) is 14.4 Å². The molecule has 4 rings (SSSR count). The largest absolute Gasteiger partial charge is 0.351 e. The van der Waals surface area contributed by atoms with Gasteiger partial charge in [-0.25, -0.2) is 13.8 Å². The minimum absolute atomic E-state index is 0.177. The number of benzene rings is 3. The van der Waals surface area contributed by atoms with Gasteiger partial charge in [-0.1, -0.05) is 69.3 Å². The van der Waals surface area contributed by atoms with Crippen molar-refractivity contribution in [2.75, 3.05) is 11.9 Å². The van der Waals surface area contributed by atoms with Crippen LogP contribution >= 0.6 is 0 Å². The highest BCUT2D eigenvalue weighted by atomic mass is 19.1. The number of carbonyl (C=O) groups is 3. The van der Waals surface area contributed by atoms with Crippen LogP contribution in [0.1, 0.15) is 37.5 Å². The molecule has 2 N–H and O–H groups in total. The molecule has 2 unspecified atom stereocenters. The van der Waals surface area contributed by atoms with Crippen molar-refractivity contribution in [3.8, 4) is 0 Å². The molecule has 0 radical (unpaired) electrons. The predicted octanol–water partition coefficient (Wildman–Crippen LogP) is 4.20. The first-order chi connectivity index (χ1) is 18.5. The Kier molecular flexibility index (Phi) is 7.90. The smallest absolute Gasteiger partial charge is 0.272 e. The van der Waals surface area contributed by atoms with E-state index in [9.17, 15) is 23.2 Å². The van der Waals surface area contributed by atoms with E-state index in [1.54, 1.807) is 33.9 Å². The zero-order chi connectivity index (χ0) is 28.3. The lowest BCUT2D eigenvalue weighted by atomic mass is 9.79. The normalized spacial score (nSPS) is 16.1. The number of likely N-dealkylation sites (N-methyl/N-ethyl adjacent to an activating group) is 1. The average molecular weight is 533 g/mol. The maximum atomic E-state index is 13.6. The number of anilines is 1. The van der Waals surface area contributed by atoms with E-state index in [0.717, 1.165) is 29.3 Å². The van der Waals surface area contributed by atoms with E-state index in [1.807, 2.05) is 48.5 Å². The first kappa shape index (κ1) is 27.6. The molecular formula is C30H30F2N4O3. The second kappa shape index (κ2) is 11.1. The van der Waals surface area contributed by atoms with E-state index in [0.29, 0.717) is 11.4 Å². The number of aliphatic imine (C=N–C) groups is 1. The Morgan fingerprint density at radius 3 is 2.21 bits per heavy atom. The number of hydrogen-bond donors (Lipinski definition) is 2. The van der Waals surface area contributed by atoms with E-state index < -0.39 is 46.9 Å². The Bertz CT molecular complexity index is 1410. The van der Waals surface area contributed by atoms with E-state index in [-0.39, 0.29) is 12.1 Å². The van der Waals surface area contributed by atoms with E-state index in [4.69, 9.17) is 0 Å². The molecule has 0 aromatic heterocycles. The molecule has 0 aliphatic carbocycles. The van der Waals surface area contributed by atoms with Gasteiger partial charge in [-0.2, -0.15) is 0 Å². The van der Waals surface area contributed by atoms with Crippen molar-refractivity contribution < 1.29 is 23.2 Å². The van der Waals surface area contributed by atoms with Gasteiger partial charge < -0.3 is 15.5 Å². The van der Waals surface area contributed by atoms with Crippen LogP contribution in [-0.4, -0.2) is 36.6 Å². The molecule has 202 valence electrons. The Labute approximate surface area is 225 Å². The summed E-state index contributed by atoms with van der Waals surface area (Å²) in [6.45, 7) is 4.97. The molecule has 1 heterocycles. The highest BCUT2D eigenvalue weighted by Gasteiger charge is 2.40. The zero-order valence-electron chi connectivity index (χ0n) is 22.2. The SMILES string of the molecule is CN1C(=O)C(NC(=O)C(C(=O)NCc2cc(F)cc(F)c2)C(C)(C)C)N=C(c2ccccc2)c2ccccc21. The molecule has 3 aromatic rings. The van der Waals surface area contributed by atoms with Crippen LogP contribution in [0.4, 0.5) is 14.5 Å². The topological polar surface area (TPSA) is 90.9 Å². The molecule has 0 fully saturated rings. The maximum absolute atomic E-state index is 13.6. The van der Waals surface area contributed by atoms with Crippen LogP contribution in [0, 0.1) is 23.0 Å². The molecule has 7 nitrogen and oxygen atoms in total. The summed E-state index contributed by atoms with van der Waals surface area (Å²) >= 11 is 0. The number of halogens is 2. The Balaban J connectivity index is 1.63. The summed E-state index contributed by atoms with van der Waals surface area (Å²) in [5.41, 5.74) is 2.01. The zero-order valence-corrected chi connectivity index (χ0v) is 22.2. The number of fused-ring (bicyclic) bond motifs is 1. The number of para-hydroxylation sites is 1. The van der Waals surface area contributed by atoms with Gasteiger partial charge in [0.25, 0.3) is 5.91 Å². The second-order valence-corrected chi connectivity index (χ2v) is 10.5. The van der Waals surface area contributed by atoms with E-state index in [2.05, 4.69) is 15.6 Å². The molecule has 3 amide bonds. The summed E-state index contributed by atoms with van der Waals surface area (Å²) in [4.78, 5) is 46.3.